The zero-order valence-corrected chi connectivity index (χ0v) is 26.7. The second-order valence-electron chi connectivity index (χ2n) is 11.8. The Bertz CT molecular complexity index is 668. The number of hydrogen-bond acceptors (Lipinski definition) is 6. The molecule has 3 atom stereocenters. The smallest absolute Gasteiger partial charge is 0.268 e. The van der Waals surface area contributed by atoms with E-state index in [9.17, 15) is 19.4 Å². The number of allylic oxidation sites excluding steroid dienone is 1. The summed E-state index contributed by atoms with van der Waals surface area (Å²) in [5.74, 6) is -0.208. The fourth-order valence-electron chi connectivity index (χ4n) is 4.15. The molecule has 39 heavy (non-hydrogen) atoms. The first-order valence-corrected chi connectivity index (χ1v) is 17.0. The lowest BCUT2D eigenvalue weighted by Crippen LogP contribution is -2.45. The Kier molecular flexibility index (Phi) is 23.4. The molecule has 8 nitrogen and oxygen atoms in total. The number of nitrogens with zero attached hydrogens (tertiary/aromatic N) is 1. The van der Waals surface area contributed by atoms with Crippen LogP contribution in [0.5, 0.6) is 0 Å². The first kappa shape index (κ1) is 38.2. The van der Waals surface area contributed by atoms with Gasteiger partial charge >= 0.3 is 0 Å². The van der Waals surface area contributed by atoms with Gasteiger partial charge in [0.25, 0.3) is 7.82 Å². The van der Waals surface area contributed by atoms with E-state index in [1.54, 1.807) is 6.08 Å². The fraction of sp³-hybridized carbons (Fsp3) is 0.900. The number of phosphoric acid groups is 1. The highest BCUT2D eigenvalue weighted by atomic mass is 31.2. The number of likely N-dealkylation sites (N-methyl/N-ethyl adjacent to an activating group) is 1. The Labute approximate surface area is 240 Å². The molecule has 0 aromatic heterocycles. The van der Waals surface area contributed by atoms with E-state index in [1.807, 2.05) is 27.2 Å². The van der Waals surface area contributed by atoms with E-state index in [2.05, 4.69) is 19.2 Å². The van der Waals surface area contributed by atoms with Crippen LogP contribution in [0.1, 0.15) is 123 Å². The Hall–Kier alpha value is -0.760. The van der Waals surface area contributed by atoms with Crippen molar-refractivity contribution in [3.63, 3.8) is 0 Å². The van der Waals surface area contributed by atoms with E-state index in [-0.39, 0.29) is 19.1 Å². The minimum absolute atomic E-state index is 0.000146. The van der Waals surface area contributed by atoms with Crippen LogP contribution in [0, 0.1) is 0 Å². The highest BCUT2D eigenvalue weighted by Crippen LogP contribution is 2.38. The van der Waals surface area contributed by atoms with Gasteiger partial charge in [0.1, 0.15) is 13.2 Å². The summed E-state index contributed by atoms with van der Waals surface area (Å²) in [7, 11) is 1.25. The largest absolute Gasteiger partial charge is 0.756 e. The summed E-state index contributed by atoms with van der Waals surface area (Å²) in [6, 6.07) is -0.874. The van der Waals surface area contributed by atoms with Crippen molar-refractivity contribution in [1.29, 1.82) is 0 Å². The van der Waals surface area contributed by atoms with E-state index >= 15 is 0 Å². The predicted molar refractivity (Wildman–Crippen MR) is 159 cm³/mol. The van der Waals surface area contributed by atoms with Gasteiger partial charge in [-0.3, -0.25) is 9.36 Å². The molecule has 0 radical (unpaired) electrons. The summed E-state index contributed by atoms with van der Waals surface area (Å²) < 4.78 is 22.8. The van der Waals surface area contributed by atoms with Crippen LogP contribution in [0.15, 0.2) is 12.2 Å². The average Bonchev–Trinajstić information content (AvgIpc) is 2.86. The van der Waals surface area contributed by atoms with Crippen molar-refractivity contribution >= 4 is 13.7 Å². The predicted octanol–water partition coefficient (Wildman–Crippen LogP) is 6.27. The molecule has 0 saturated carbocycles. The standard InChI is InChI=1S/C30H61N2O6P/c1-6-8-10-12-13-14-15-16-17-18-20-22-24-30(34)31-28(29(33)23-21-19-11-9-7-2)27-38-39(35,36)37-26-25-32(3,4)5/h21,23,28-29,33H,6-20,22,24-27H2,1-5H3,(H-,31,34,35,36)/b23-21+. The number of quaternary nitrogens is 1. The summed E-state index contributed by atoms with van der Waals surface area (Å²) in [6.45, 7) is 4.49. The normalized spacial score (nSPS) is 15.4. The number of carbonyl (C=O) groups excluding carboxylic acids is 1. The Balaban J connectivity index is 4.48. The second kappa shape index (κ2) is 23.9. The summed E-state index contributed by atoms with van der Waals surface area (Å²) in [5.41, 5.74) is 0. The first-order valence-electron chi connectivity index (χ1n) is 15.6. The van der Waals surface area contributed by atoms with Crippen molar-refractivity contribution in [1.82, 2.24) is 5.32 Å². The van der Waals surface area contributed by atoms with E-state index in [4.69, 9.17) is 9.05 Å². The summed E-state index contributed by atoms with van der Waals surface area (Å²) >= 11 is 0. The molecule has 0 aliphatic heterocycles. The Morgan fingerprint density at radius 2 is 1.38 bits per heavy atom. The monoisotopic (exact) mass is 576 g/mol. The molecule has 3 unspecified atom stereocenters. The van der Waals surface area contributed by atoms with Gasteiger partial charge < -0.3 is 28.8 Å². The molecule has 0 bridgehead atoms. The molecule has 2 N–H and O–H groups in total. The van der Waals surface area contributed by atoms with Crippen LogP contribution >= 0.6 is 7.82 Å². The molecule has 0 saturated heterocycles. The lowest BCUT2D eigenvalue weighted by atomic mass is 10.0. The number of unbranched alkanes of at least 4 members (excludes halogenated alkanes) is 14. The maximum atomic E-state index is 12.6. The molecule has 0 aromatic rings. The van der Waals surface area contributed by atoms with Crippen LogP contribution in [-0.4, -0.2) is 68.5 Å². The molecular weight excluding hydrogens is 515 g/mol. The Morgan fingerprint density at radius 3 is 1.92 bits per heavy atom. The Morgan fingerprint density at radius 1 is 0.872 bits per heavy atom. The highest BCUT2D eigenvalue weighted by molar-refractivity contribution is 7.45. The van der Waals surface area contributed by atoms with Crippen molar-refractivity contribution in [3.05, 3.63) is 12.2 Å². The number of nitrogens with one attached hydrogen (secondary N) is 1. The molecule has 1 amide bonds. The van der Waals surface area contributed by atoms with Crippen molar-refractivity contribution in [2.75, 3.05) is 40.9 Å². The van der Waals surface area contributed by atoms with Crippen molar-refractivity contribution in [2.24, 2.45) is 0 Å². The van der Waals surface area contributed by atoms with Gasteiger partial charge in [-0.25, -0.2) is 0 Å². The molecule has 9 heteroatoms. The van der Waals surface area contributed by atoms with Gasteiger partial charge in [0, 0.05) is 6.42 Å². The molecular formula is C30H61N2O6P. The maximum absolute atomic E-state index is 12.6. The van der Waals surface area contributed by atoms with E-state index < -0.39 is 20.0 Å². The van der Waals surface area contributed by atoms with Crippen LogP contribution in [0.3, 0.4) is 0 Å². The molecule has 0 fully saturated rings. The van der Waals surface area contributed by atoms with Crippen molar-refractivity contribution in [2.45, 2.75) is 135 Å². The number of amides is 1. The number of aliphatic hydroxyl groups excluding tert-OH is 1. The molecule has 0 aliphatic carbocycles. The molecule has 0 aliphatic rings. The molecule has 232 valence electrons. The lowest BCUT2D eigenvalue weighted by Gasteiger charge is -2.29. The number of carbonyl (C=O) groups is 1. The molecule has 0 aromatic carbocycles. The van der Waals surface area contributed by atoms with Gasteiger partial charge in [-0.05, 0) is 19.3 Å². The second-order valence-corrected chi connectivity index (χ2v) is 13.2. The highest BCUT2D eigenvalue weighted by Gasteiger charge is 2.23. The fourth-order valence-corrected chi connectivity index (χ4v) is 4.87. The third-order valence-corrected chi connectivity index (χ3v) is 7.71. The third-order valence-electron chi connectivity index (χ3n) is 6.75. The number of phosphoric ester groups is 1. The minimum Gasteiger partial charge on any atom is -0.756 e. The zero-order chi connectivity index (χ0) is 29.4. The van der Waals surface area contributed by atoms with Gasteiger partial charge in [0.15, 0.2) is 0 Å². The topological polar surface area (TPSA) is 108 Å². The van der Waals surface area contributed by atoms with Crippen molar-refractivity contribution < 1.29 is 32.9 Å². The minimum atomic E-state index is -4.55. The number of rotatable bonds is 27. The van der Waals surface area contributed by atoms with Crippen LogP contribution in [0.4, 0.5) is 0 Å². The van der Waals surface area contributed by atoms with Crippen molar-refractivity contribution in [3.8, 4) is 0 Å². The van der Waals surface area contributed by atoms with E-state index in [0.717, 1.165) is 44.9 Å². The SMILES string of the molecule is CCCCC/C=C/C(O)C(COP(=O)([O-])OCC[N+](C)(C)C)NC(=O)CCCCCCCCCCCCCC. The first-order chi connectivity index (χ1) is 18.5. The average molecular weight is 577 g/mol. The van der Waals surface area contributed by atoms with Crippen LogP contribution in [0.25, 0.3) is 0 Å². The number of aliphatic hydroxyl groups is 1. The number of hydrogen-bond donors (Lipinski definition) is 2. The summed E-state index contributed by atoms with van der Waals surface area (Å²) in [4.78, 5) is 24.8. The van der Waals surface area contributed by atoms with E-state index in [0.29, 0.717) is 17.4 Å². The zero-order valence-electron chi connectivity index (χ0n) is 25.8. The third kappa shape index (κ3) is 25.9. The van der Waals surface area contributed by atoms with Gasteiger partial charge in [-0.1, -0.05) is 109 Å². The van der Waals surface area contributed by atoms with Crippen LogP contribution < -0.4 is 10.2 Å². The lowest BCUT2D eigenvalue weighted by molar-refractivity contribution is -0.870. The van der Waals surface area contributed by atoms with E-state index in [1.165, 1.54) is 57.8 Å². The summed E-state index contributed by atoms with van der Waals surface area (Å²) in [6.07, 6.45) is 21.5. The van der Waals surface area contributed by atoms with Crippen LogP contribution in [-0.2, 0) is 18.4 Å². The van der Waals surface area contributed by atoms with Gasteiger partial charge in [0.2, 0.25) is 5.91 Å². The molecule has 0 spiro atoms. The van der Waals surface area contributed by atoms with Gasteiger partial charge in [-0.15, -0.1) is 0 Å². The quantitative estimate of drug-likeness (QED) is 0.0517. The van der Waals surface area contributed by atoms with Gasteiger partial charge in [-0.2, -0.15) is 0 Å². The molecule has 0 heterocycles. The summed E-state index contributed by atoms with van der Waals surface area (Å²) in [5, 5.41) is 13.4. The van der Waals surface area contributed by atoms with Crippen LogP contribution in [0.2, 0.25) is 0 Å². The van der Waals surface area contributed by atoms with Gasteiger partial charge in [0.05, 0.1) is 39.9 Å². The molecule has 0 rings (SSSR count). The maximum Gasteiger partial charge on any atom is 0.268 e.